The molecule has 0 saturated carbocycles. The van der Waals surface area contributed by atoms with Gasteiger partial charge in [-0.15, -0.1) is 12.4 Å². The molecular formula is C17H24Cl2N4O. The number of benzene rings is 1. The van der Waals surface area contributed by atoms with Crippen molar-refractivity contribution < 1.29 is 4.74 Å². The Morgan fingerprint density at radius 3 is 2.42 bits per heavy atom. The summed E-state index contributed by atoms with van der Waals surface area (Å²) in [5, 5.41) is 8.48. The molecule has 1 aromatic carbocycles. The summed E-state index contributed by atoms with van der Waals surface area (Å²) in [6.07, 6.45) is 0. The highest BCUT2D eigenvalue weighted by molar-refractivity contribution is 6.30. The Balaban J connectivity index is 0.00000208. The second-order valence-electron chi connectivity index (χ2n) is 5.85. The zero-order chi connectivity index (χ0) is 16.2. The first-order valence-corrected chi connectivity index (χ1v) is 8.33. The number of nitrogens with zero attached hydrogens (tertiary/aromatic N) is 3. The van der Waals surface area contributed by atoms with E-state index in [0.29, 0.717) is 5.15 Å². The lowest BCUT2D eigenvalue weighted by Gasteiger charge is -2.28. The summed E-state index contributed by atoms with van der Waals surface area (Å²) in [6.45, 7) is 7.09. The Bertz CT molecular complexity index is 651. The van der Waals surface area contributed by atoms with E-state index in [2.05, 4.69) is 39.6 Å². The number of hydrogen-bond donors (Lipinski definition) is 1. The van der Waals surface area contributed by atoms with Crippen LogP contribution in [-0.2, 0) is 24.9 Å². The normalized spacial score (nSPS) is 14.5. The van der Waals surface area contributed by atoms with Gasteiger partial charge >= 0.3 is 0 Å². The lowest BCUT2D eigenvalue weighted by molar-refractivity contribution is 0.122. The predicted molar refractivity (Wildman–Crippen MR) is 100 cm³/mol. The van der Waals surface area contributed by atoms with Gasteiger partial charge in [-0.3, -0.25) is 4.68 Å². The van der Waals surface area contributed by atoms with Crippen molar-refractivity contribution >= 4 is 29.7 Å². The van der Waals surface area contributed by atoms with Gasteiger partial charge in [0.2, 0.25) is 0 Å². The monoisotopic (exact) mass is 370 g/mol. The van der Waals surface area contributed by atoms with Crippen molar-refractivity contribution in [2.45, 2.75) is 20.0 Å². The van der Waals surface area contributed by atoms with Crippen LogP contribution in [0, 0.1) is 6.92 Å². The highest BCUT2D eigenvalue weighted by Gasteiger charge is 2.12. The Hall–Kier alpha value is -1.27. The van der Waals surface area contributed by atoms with Gasteiger partial charge < -0.3 is 15.0 Å². The van der Waals surface area contributed by atoms with Crippen molar-refractivity contribution in [3.8, 4) is 0 Å². The van der Waals surface area contributed by atoms with Crippen LogP contribution in [0.2, 0.25) is 5.15 Å². The SMILES string of the molecule is Cc1nn(C)c(Cl)c1CNCc1ccc(N2CCOCC2)cc1.Cl. The van der Waals surface area contributed by atoms with Crippen molar-refractivity contribution in [1.29, 1.82) is 0 Å². The number of halogens is 2. The van der Waals surface area contributed by atoms with Crippen LogP contribution in [0.3, 0.4) is 0 Å². The van der Waals surface area contributed by atoms with Crippen molar-refractivity contribution in [2.75, 3.05) is 31.2 Å². The second kappa shape index (κ2) is 8.72. The first kappa shape index (κ1) is 19.1. The van der Waals surface area contributed by atoms with Gasteiger partial charge in [0.1, 0.15) is 5.15 Å². The van der Waals surface area contributed by atoms with Gasteiger partial charge in [-0.1, -0.05) is 23.7 Å². The molecule has 1 N–H and O–H groups in total. The molecule has 2 aromatic rings. The van der Waals surface area contributed by atoms with Crippen molar-refractivity contribution in [3.63, 3.8) is 0 Å². The van der Waals surface area contributed by atoms with Crippen LogP contribution in [0.25, 0.3) is 0 Å². The Labute approximate surface area is 154 Å². The van der Waals surface area contributed by atoms with E-state index in [1.54, 1.807) is 4.68 Å². The lowest BCUT2D eigenvalue weighted by Crippen LogP contribution is -2.36. The first-order chi connectivity index (χ1) is 11.1. The topological polar surface area (TPSA) is 42.3 Å². The number of aryl methyl sites for hydroxylation is 2. The molecule has 7 heteroatoms. The molecule has 2 heterocycles. The summed E-state index contributed by atoms with van der Waals surface area (Å²) < 4.78 is 7.11. The summed E-state index contributed by atoms with van der Waals surface area (Å²) in [5.41, 5.74) is 4.58. The predicted octanol–water partition coefficient (Wildman–Crippen LogP) is 2.93. The van der Waals surface area contributed by atoms with Gasteiger partial charge in [0.25, 0.3) is 0 Å². The number of ether oxygens (including phenoxy) is 1. The van der Waals surface area contributed by atoms with Gasteiger partial charge in [-0.25, -0.2) is 0 Å². The van der Waals surface area contributed by atoms with Crippen LogP contribution >= 0.6 is 24.0 Å². The molecule has 24 heavy (non-hydrogen) atoms. The van der Waals surface area contributed by atoms with Gasteiger partial charge in [0, 0.05) is 44.5 Å². The number of anilines is 1. The Morgan fingerprint density at radius 1 is 1.17 bits per heavy atom. The third-order valence-corrected chi connectivity index (χ3v) is 4.69. The fourth-order valence-corrected chi connectivity index (χ4v) is 3.09. The zero-order valence-electron chi connectivity index (χ0n) is 14.1. The molecule has 3 rings (SSSR count). The molecule has 0 spiro atoms. The van der Waals surface area contributed by atoms with E-state index >= 15 is 0 Å². The summed E-state index contributed by atoms with van der Waals surface area (Å²) in [7, 11) is 1.86. The fourth-order valence-electron chi connectivity index (χ4n) is 2.85. The Morgan fingerprint density at radius 2 is 1.83 bits per heavy atom. The van der Waals surface area contributed by atoms with Gasteiger partial charge in [-0.2, -0.15) is 5.10 Å². The van der Waals surface area contributed by atoms with E-state index in [0.717, 1.165) is 50.7 Å². The largest absolute Gasteiger partial charge is 0.378 e. The number of rotatable bonds is 5. The zero-order valence-corrected chi connectivity index (χ0v) is 15.7. The van der Waals surface area contributed by atoms with Gasteiger partial charge in [0.15, 0.2) is 0 Å². The lowest BCUT2D eigenvalue weighted by atomic mass is 10.2. The molecule has 0 atom stereocenters. The maximum atomic E-state index is 6.25. The summed E-state index contributed by atoms with van der Waals surface area (Å²) in [6, 6.07) is 8.72. The third kappa shape index (κ3) is 4.42. The molecule has 0 bridgehead atoms. The van der Waals surface area contributed by atoms with E-state index in [1.165, 1.54) is 11.3 Å². The average Bonchev–Trinajstić information content (AvgIpc) is 2.82. The minimum absolute atomic E-state index is 0. The minimum Gasteiger partial charge on any atom is -0.378 e. The smallest absolute Gasteiger partial charge is 0.131 e. The van der Waals surface area contributed by atoms with Crippen molar-refractivity contribution in [1.82, 2.24) is 15.1 Å². The summed E-state index contributed by atoms with van der Waals surface area (Å²) >= 11 is 6.25. The molecule has 0 unspecified atom stereocenters. The van der Waals surface area contributed by atoms with Crippen LogP contribution in [-0.4, -0.2) is 36.1 Å². The number of morpholine rings is 1. The molecule has 1 saturated heterocycles. The van der Waals surface area contributed by atoms with E-state index < -0.39 is 0 Å². The second-order valence-corrected chi connectivity index (χ2v) is 6.21. The van der Waals surface area contributed by atoms with Crippen LogP contribution in [0.4, 0.5) is 5.69 Å². The molecule has 0 radical (unpaired) electrons. The third-order valence-electron chi connectivity index (χ3n) is 4.21. The molecule has 1 fully saturated rings. The van der Waals surface area contributed by atoms with E-state index in [4.69, 9.17) is 16.3 Å². The van der Waals surface area contributed by atoms with Crippen LogP contribution in [0.5, 0.6) is 0 Å². The quantitative estimate of drug-likeness (QED) is 0.878. The highest BCUT2D eigenvalue weighted by Crippen LogP contribution is 2.19. The van der Waals surface area contributed by atoms with Crippen LogP contribution < -0.4 is 10.2 Å². The molecule has 0 amide bonds. The minimum atomic E-state index is 0. The highest BCUT2D eigenvalue weighted by atomic mass is 35.5. The van der Waals surface area contributed by atoms with E-state index in [-0.39, 0.29) is 12.4 Å². The van der Waals surface area contributed by atoms with Crippen LogP contribution in [0.15, 0.2) is 24.3 Å². The van der Waals surface area contributed by atoms with E-state index in [9.17, 15) is 0 Å². The van der Waals surface area contributed by atoms with Gasteiger partial charge in [-0.05, 0) is 24.6 Å². The van der Waals surface area contributed by atoms with Gasteiger partial charge in [0.05, 0.1) is 18.9 Å². The molecular weight excluding hydrogens is 347 g/mol. The molecule has 132 valence electrons. The van der Waals surface area contributed by atoms with Crippen molar-refractivity contribution in [2.24, 2.45) is 7.05 Å². The number of nitrogens with one attached hydrogen (secondary N) is 1. The van der Waals surface area contributed by atoms with E-state index in [1.807, 2.05) is 14.0 Å². The number of aromatic nitrogens is 2. The number of hydrogen-bond acceptors (Lipinski definition) is 4. The maximum absolute atomic E-state index is 6.25. The average molecular weight is 371 g/mol. The summed E-state index contributed by atoms with van der Waals surface area (Å²) in [5.74, 6) is 0. The summed E-state index contributed by atoms with van der Waals surface area (Å²) in [4.78, 5) is 2.36. The van der Waals surface area contributed by atoms with Crippen LogP contribution in [0.1, 0.15) is 16.8 Å². The Kier molecular flexibility index (Phi) is 6.92. The standard InChI is InChI=1S/C17H23ClN4O.ClH/c1-13-16(17(18)21(2)20-13)12-19-11-14-3-5-15(6-4-14)22-7-9-23-10-8-22;/h3-6,19H,7-12H2,1-2H3;1H. The molecule has 5 nitrogen and oxygen atoms in total. The molecule has 1 aliphatic heterocycles. The van der Waals surface area contributed by atoms with Crippen molar-refractivity contribution in [3.05, 3.63) is 46.2 Å². The fraction of sp³-hybridized carbons (Fsp3) is 0.471. The molecule has 1 aliphatic rings. The molecule has 0 aliphatic carbocycles. The first-order valence-electron chi connectivity index (χ1n) is 7.95. The maximum Gasteiger partial charge on any atom is 0.131 e. The molecule has 1 aromatic heterocycles.